The van der Waals surface area contributed by atoms with E-state index < -0.39 is 5.97 Å². The van der Waals surface area contributed by atoms with Gasteiger partial charge in [-0.15, -0.1) is 0 Å². The second-order valence-corrected chi connectivity index (χ2v) is 4.20. The third-order valence-corrected chi connectivity index (χ3v) is 2.51. The van der Waals surface area contributed by atoms with Gasteiger partial charge in [0, 0.05) is 13.1 Å². The maximum atomic E-state index is 10.2. The second kappa shape index (κ2) is 6.05. The number of nitrogens with zero attached hydrogens (tertiary/aromatic N) is 1. The molecule has 0 bridgehead atoms. The summed E-state index contributed by atoms with van der Waals surface area (Å²) in [6, 6.07) is 0. The number of aliphatic carboxylic acids is 1. The lowest BCUT2D eigenvalue weighted by atomic mass is 9.97. The van der Waals surface area contributed by atoms with Gasteiger partial charge in [-0.05, 0) is 19.4 Å². The Kier molecular flexibility index (Phi) is 5.01. The van der Waals surface area contributed by atoms with E-state index in [2.05, 4.69) is 4.90 Å². The summed E-state index contributed by atoms with van der Waals surface area (Å²) in [5.74, 6) is -0.525. The minimum Gasteiger partial charge on any atom is -0.481 e. The van der Waals surface area contributed by atoms with Gasteiger partial charge < -0.3 is 19.8 Å². The number of likely N-dealkylation sites (tertiary alicyclic amines) is 1. The van der Waals surface area contributed by atoms with Gasteiger partial charge in [-0.3, -0.25) is 4.79 Å². The van der Waals surface area contributed by atoms with E-state index in [1.165, 1.54) is 0 Å². The quantitative estimate of drug-likeness (QED) is 0.624. The number of β-amino-alcohol motifs (C(OH)–C–C–N with tert-alkyl or cyclic N) is 1. The minimum atomic E-state index is -0.837. The first-order valence-corrected chi connectivity index (χ1v) is 5.24. The van der Waals surface area contributed by atoms with Gasteiger partial charge in [0.25, 0.3) is 0 Å². The van der Waals surface area contributed by atoms with Crippen LogP contribution >= 0.6 is 0 Å². The monoisotopic (exact) mass is 217 g/mol. The average molecular weight is 217 g/mol. The molecule has 0 aromatic heterocycles. The molecule has 88 valence electrons. The SMILES string of the molecule is CN1CC(O)CC(COCCC(=O)O)C1. The van der Waals surface area contributed by atoms with E-state index in [9.17, 15) is 9.90 Å². The Morgan fingerprint density at radius 2 is 2.27 bits per heavy atom. The molecule has 0 aliphatic carbocycles. The van der Waals surface area contributed by atoms with Gasteiger partial charge in [-0.25, -0.2) is 0 Å². The standard InChI is InChI=1S/C10H19NO4/c1-11-5-8(4-9(12)6-11)7-15-3-2-10(13)14/h8-9,12H,2-7H2,1H3,(H,13,14). The summed E-state index contributed by atoms with van der Waals surface area (Å²) >= 11 is 0. The number of ether oxygens (including phenoxy) is 1. The number of hydrogen-bond donors (Lipinski definition) is 2. The zero-order chi connectivity index (χ0) is 11.3. The molecule has 1 aliphatic heterocycles. The largest absolute Gasteiger partial charge is 0.481 e. The number of aliphatic hydroxyl groups is 1. The van der Waals surface area contributed by atoms with Crippen molar-refractivity contribution in [3.8, 4) is 0 Å². The van der Waals surface area contributed by atoms with Crippen LogP contribution in [0, 0.1) is 5.92 Å². The molecule has 0 radical (unpaired) electrons. The third kappa shape index (κ3) is 5.11. The van der Waals surface area contributed by atoms with Crippen molar-refractivity contribution in [3.63, 3.8) is 0 Å². The molecule has 2 unspecified atom stereocenters. The van der Waals surface area contributed by atoms with Gasteiger partial charge in [0.15, 0.2) is 0 Å². The lowest BCUT2D eigenvalue weighted by Crippen LogP contribution is -2.42. The highest BCUT2D eigenvalue weighted by molar-refractivity contribution is 5.66. The Hall–Kier alpha value is -0.650. The summed E-state index contributed by atoms with van der Waals surface area (Å²) in [5, 5.41) is 17.9. The molecule has 5 nitrogen and oxygen atoms in total. The molecular weight excluding hydrogens is 198 g/mol. The van der Waals surface area contributed by atoms with Crippen LogP contribution in [0.1, 0.15) is 12.8 Å². The Labute approximate surface area is 89.6 Å². The lowest BCUT2D eigenvalue weighted by molar-refractivity contribution is -0.138. The molecule has 1 aliphatic rings. The highest BCUT2D eigenvalue weighted by Gasteiger charge is 2.23. The van der Waals surface area contributed by atoms with Crippen LogP contribution in [-0.4, -0.2) is 60.5 Å². The smallest absolute Gasteiger partial charge is 0.305 e. The maximum absolute atomic E-state index is 10.2. The average Bonchev–Trinajstić information content (AvgIpc) is 2.10. The van der Waals surface area contributed by atoms with Gasteiger partial charge in [-0.1, -0.05) is 0 Å². The van der Waals surface area contributed by atoms with Crippen molar-refractivity contribution in [2.75, 3.05) is 33.4 Å². The first kappa shape index (κ1) is 12.4. The second-order valence-electron chi connectivity index (χ2n) is 4.20. The molecule has 5 heteroatoms. The van der Waals surface area contributed by atoms with Gasteiger partial charge in [0.05, 0.1) is 25.7 Å². The highest BCUT2D eigenvalue weighted by Crippen LogP contribution is 2.15. The predicted octanol–water partition coefficient (Wildman–Crippen LogP) is -0.210. The van der Waals surface area contributed by atoms with Crippen LogP contribution < -0.4 is 0 Å². The van der Waals surface area contributed by atoms with Crippen molar-refractivity contribution < 1.29 is 19.7 Å². The lowest BCUT2D eigenvalue weighted by Gasteiger charge is -2.32. The normalized spacial score (nSPS) is 27.9. The summed E-state index contributed by atoms with van der Waals surface area (Å²) in [7, 11) is 1.96. The van der Waals surface area contributed by atoms with E-state index in [0.717, 1.165) is 13.0 Å². The fraction of sp³-hybridized carbons (Fsp3) is 0.900. The van der Waals surface area contributed by atoms with Crippen LogP contribution in [0.25, 0.3) is 0 Å². The predicted molar refractivity (Wildman–Crippen MR) is 54.7 cm³/mol. The molecule has 1 saturated heterocycles. The van der Waals surface area contributed by atoms with E-state index in [0.29, 0.717) is 19.1 Å². The van der Waals surface area contributed by atoms with Crippen LogP contribution in [0.2, 0.25) is 0 Å². The Morgan fingerprint density at radius 3 is 2.87 bits per heavy atom. The van der Waals surface area contributed by atoms with Gasteiger partial charge in [0.1, 0.15) is 0 Å². The van der Waals surface area contributed by atoms with E-state index in [1.807, 2.05) is 7.05 Å². The van der Waals surface area contributed by atoms with E-state index in [-0.39, 0.29) is 19.1 Å². The maximum Gasteiger partial charge on any atom is 0.305 e. The first-order chi connectivity index (χ1) is 7.08. The number of piperidine rings is 1. The molecule has 0 aromatic carbocycles. The van der Waals surface area contributed by atoms with Crippen molar-refractivity contribution in [1.82, 2.24) is 4.90 Å². The summed E-state index contributed by atoms with van der Waals surface area (Å²) in [6.45, 7) is 2.41. The van der Waals surface area contributed by atoms with Crippen molar-refractivity contribution in [2.24, 2.45) is 5.92 Å². The molecule has 1 heterocycles. The number of likely N-dealkylation sites (N-methyl/N-ethyl adjacent to an activating group) is 1. The summed E-state index contributed by atoms with van der Waals surface area (Å²) in [5.41, 5.74) is 0. The fourth-order valence-corrected chi connectivity index (χ4v) is 1.94. The van der Waals surface area contributed by atoms with Crippen molar-refractivity contribution in [3.05, 3.63) is 0 Å². The molecule has 15 heavy (non-hydrogen) atoms. The number of hydrogen-bond acceptors (Lipinski definition) is 4. The Morgan fingerprint density at radius 1 is 1.53 bits per heavy atom. The number of carbonyl (C=O) groups is 1. The summed E-state index contributed by atoms with van der Waals surface area (Å²) in [6.07, 6.45) is 0.513. The van der Waals surface area contributed by atoms with Gasteiger partial charge >= 0.3 is 5.97 Å². The topological polar surface area (TPSA) is 70.0 Å². The molecular formula is C10H19NO4. The summed E-state index contributed by atoms with van der Waals surface area (Å²) in [4.78, 5) is 12.3. The number of rotatable bonds is 5. The van der Waals surface area contributed by atoms with Gasteiger partial charge in [0.2, 0.25) is 0 Å². The minimum absolute atomic E-state index is 0.0467. The van der Waals surface area contributed by atoms with Crippen molar-refractivity contribution in [1.29, 1.82) is 0 Å². The van der Waals surface area contributed by atoms with E-state index in [4.69, 9.17) is 9.84 Å². The van der Waals surface area contributed by atoms with Crippen LogP contribution in [0.3, 0.4) is 0 Å². The Bertz CT molecular complexity index is 200. The molecule has 0 saturated carbocycles. The molecule has 0 amide bonds. The molecule has 2 atom stereocenters. The van der Waals surface area contributed by atoms with Gasteiger partial charge in [-0.2, -0.15) is 0 Å². The molecule has 2 N–H and O–H groups in total. The highest BCUT2D eigenvalue weighted by atomic mass is 16.5. The molecule has 0 aromatic rings. The third-order valence-electron chi connectivity index (χ3n) is 2.51. The molecule has 0 spiro atoms. The summed E-state index contributed by atoms with van der Waals surface area (Å²) < 4.78 is 5.26. The number of carboxylic acid groups (broad SMARTS) is 1. The molecule has 1 rings (SSSR count). The van der Waals surface area contributed by atoms with E-state index in [1.54, 1.807) is 0 Å². The van der Waals surface area contributed by atoms with Crippen molar-refractivity contribution in [2.45, 2.75) is 18.9 Å². The fourth-order valence-electron chi connectivity index (χ4n) is 1.94. The zero-order valence-electron chi connectivity index (χ0n) is 9.06. The van der Waals surface area contributed by atoms with E-state index >= 15 is 0 Å². The van der Waals surface area contributed by atoms with Crippen molar-refractivity contribution >= 4 is 5.97 Å². The zero-order valence-corrected chi connectivity index (χ0v) is 9.06. The van der Waals surface area contributed by atoms with Crippen LogP contribution in [-0.2, 0) is 9.53 Å². The first-order valence-electron chi connectivity index (χ1n) is 5.24. The van der Waals surface area contributed by atoms with Crippen LogP contribution in [0.4, 0.5) is 0 Å². The number of carboxylic acids is 1. The Balaban J connectivity index is 2.12. The molecule has 1 fully saturated rings. The van der Waals surface area contributed by atoms with Crippen LogP contribution in [0.15, 0.2) is 0 Å². The van der Waals surface area contributed by atoms with Crippen LogP contribution in [0.5, 0.6) is 0 Å². The number of aliphatic hydroxyl groups excluding tert-OH is 1.